The van der Waals surface area contributed by atoms with Crippen molar-refractivity contribution in [2.45, 2.75) is 63.6 Å². The minimum atomic E-state index is 0.298. The van der Waals surface area contributed by atoms with Gasteiger partial charge < -0.3 is 5.73 Å². The summed E-state index contributed by atoms with van der Waals surface area (Å²) >= 11 is 0. The van der Waals surface area contributed by atoms with Crippen LogP contribution in [0.4, 0.5) is 0 Å². The smallest absolute Gasteiger partial charge is 0.0473 e. The first kappa shape index (κ1) is 12.9. The molecule has 18 heavy (non-hydrogen) atoms. The second kappa shape index (κ2) is 4.77. The second-order valence-electron chi connectivity index (χ2n) is 6.89. The Balaban J connectivity index is 1.71. The highest BCUT2D eigenvalue weighted by molar-refractivity contribution is 5.08. The van der Waals surface area contributed by atoms with Gasteiger partial charge in [0.05, 0.1) is 0 Å². The van der Waals surface area contributed by atoms with Crippen LogP contribution in [0.1, 0.15) is 46.0 Å². The van der Waals surface area contributed by atoms with Crippen molar-refractivity contribution in [1.82, 2.24) is 9.80 Å². The summed E-state index contributed by atoms with van der Waals surface area (Å²) in [5.74, 6) is 0.915. The molecule has 1 saturated carbocycles. The SMILES string of the molecule is CCC1CCN(C2(CN)CC(C)N(C3CC3)C2)C1. The van der Waals surface area contributed by atoms with Crippen LogP contribution in [0.5, 0.6) is 0 Å². The van der Waals surface area contributed by atoms with E-state index in [2.05, 4.69) is 23.6 Å². The maximum absolute atomic E-state index is 6.21. The molecule has 3 rings (SSSR count). The molecule has 3 nitrogen and oxygen atoms in total. The summed E-state index contributed by atoms with van der Waals surface area (Å²) in [5.41, 5.74) is 6.51. The maximum Gasteiger partial charge on any atom is 0.0473 e. The Hall–Kier alpha value is -0.120. The highest BCUT2D eigenvalue weighted by atomic mass is 15.3. The molecule has 0 aromatic carbocycles. The minimum Gasteiger partial charge on any atom is -0.329 e. The van der Waals surface area contributed by atoms with E-state index in [-0.39, 0.29) is 0 Å². The Bertz CT molecular complexity index is 302. The highest BCUT2D eigenvalue weighted by Crippen LogP contribution is 2.41. The van der Waals surface area contributed by atoms with Crippen molar-refractivity contribution in [3.05, 3.63) is 0 Å². The van der Waals surface area contributed by atoms with Gasteiger partial charge in [0.15, 0.2) is 0 Å². The van der Waals surface area contributed by atoms with Crippen molar-refractivity contribution in [1.29, 1.82) is 0 Å². The van der Waals surface area contributed by atoms with E-state index in [4.69, 9.17) is 5.73 Å². The molecule has 104 valence electrons. The molecule has 0 radical (unpaired) electrons. The van der Waals surface area contributed by atoms with Gasteiger partial charge in [-0.1, -0.05) is 13.3 Å². The Kier molecular flexibility index (Phi) is 3.41. The van der Waals surface area contributed by atoms with Crippen LogP contribution in [0.2, 0.25) is 0 Å². The Labute approximate surface area is 112 Å². The van der Waals surface area contributed by atoms with Crippen LogP contribution in [0.3, 0.4) is 0 Å². The molecule has 2 heterocycles. The van der Waals surface area contributed by atoms with E-state index in [0.29, 0.717) is 5.54 Å². The molecule has 3 aliphatic rings. The normalized spacial score (nSPS) is 42.8. The summed E-state index contributed by atoms with van der Waals surface area (Å²) in [4.78, 5) is 5.48. The van der Waals surface area contributed by atoms with Gasteiger partial charge in [-0.15, -0.1) is 0 Å². The van der Waals surface area contributed by atoms with E-state index in [1.807, 2.05) is 0 Å². The number of likely N-dealkylation sites (tertiary alicyclic amines) is 2. The van der Waals surface area contributed by atoms with Gasteiger partial charge in [0.2, 0.25) is 0 Å². The van der Waals surface area contributed by atoms with Gasteiger partial charge in [0.25, 0.3) is 0 Å². The number of hydrogen-bond donors (Lipinski definition) is 1. The van der Waals surface area contributed by atoms with Crippen molar-refractivity contribution in [2.75, 3.05) is 26.2 Å². The van der Waals surface area contributed by atoms with E-state index in [1.54, 1.807) is 0 Å². The molecule has 0 spiro atoms. The first-order chi connectivity index (χ1) is 8.68. The van der Waals surface area contributed by atoms with Gasteiger partial charge in [-0.25, -0.2) is 0 Å². The van der Waals surface area contributed by atoms with Crippen molar-refractivity contribution in [3.8, 4) is 0 Å². The fourth-order valence-electron chi connectivity index (χ4n) is 4.23. The Morgan fingerprint density at radius 3 is 2.61 bits per heavy atom. The van der Waals surface area contributed by atoms with E-state index >= 15 is 0 Å². The van der Waals surface area contributed by atoms with Crippen LogP contribution in [-0.4, -0.2) is 53.6 Å². The number of nitrogens with two attached hydrogens (primary N) is 1. The summed E-state index contributed by atoms with van der Waals surface area (Å²) < 4.78 is 0. The van der Waals surface area contributed by atoms with Crippen LogP contribution >= 0.6 is 0 Å². The predicted molar refractivity (Wildman–Crippen MR) is 75.6 cm³/mol. The molecule has 3 unspecified atom stereocenters. The van der Waals surface area contributed by atoms with Gasteiger partial charge in [0, 0.05) is 37.3 Å². The molecule has 0 bridgehead atoms. The lowest BCUT2D eigenvalue weighted by atomic mass is 9.94. The topological polar surface area (TPSA) is 32.5 Å². The minimum absolute atomic E-state index is 0.298. The summed E-state index contributed by atoms with van der Waals surface area (Å²) in [7, 11) is 0. The molecule has 0 aromatic rings. The predicted octanol–water partition coefficient (Wildman–Crippen LogP) is 1.67. The fourth-order valence-corrected chi connectivity index (χ4v) is 4.23. The van der Waals surface area contributed by atoms with E-state index < -0.39 is 0 Å². The zero-order valence-corrected chi connectivity index (χ0v) is 12.1. The van der Waals surface area contributed by atoms with Crippen LogP contribution in [-0.2, 0) is 0 Å². The van der Waals surface area contributed by atoms with Crippen molar-refractivity contribution in [2.24, 2.45) is 11.7 Å². The first-order valence-corrected chi connectivity index (χ1v) is 7.89. The summed E-state index contributed by atoms with van der Waals surface area (Å²) in [6.07, 6.45) is 6.84. The van der Waals surface area contributed by atoms with Crippen LogP contribution in [0.25, 0.3) is 0 Å². The molecule has 2 aliphatic heterocycles. The Morgan fingerprint density at radius 2 is 2.06 bits per heavy atom. The highest BCUT2D eigenvalue weighted by Gasteiger charge is 2.50. The van der Waals surface area contributed by atoms with Gasteiger partial charge in [-0.3, -0.25) is 9.80 Å². The zero-order chi connectivity index (χ0) is 12.8. The number of rotatable bonds is 4. The third kappa shape index (κ3) is 2.10. The van der Waals surface area contributed by atoms with E-state index in [1.165, 1.54) is 51.7 Å². The molecule has 2 saturated heterocycles. The quantitative estimate of drug-likeness (QED) is 0.825. The first-order valence-electron chi connectivity index (χ1n) is 7.89. The molecule has 3 fully saturated rings. The third-order valence-corrected chi connectivity index (χ3v) is 5.65. The molecule has 0 aromatic heterocycles. The van der Waals surface area contributed by atoms with E-state index in [9.17, 15) is 0 Å². The monoisotopic (exact) mass is 251 g/mol. The van der Waals surface area contributed by atoms with Gasteiger partial charge in [0.1, 0.15) is 0 Å². The number of nitrogens with zero attached hydrogens (tertiary/aromatic N) is 2. The maximum atomic E-state index is 6.21. The second-order valence-corrected chi connectivity index (χ2v) is 6.89. The number of hydrogen-bond acceptors (Lipinski definition) is 3. The van der Waals surface area contributed by atoms with Crippen LogP contribution in [0, 0.1) is 5.92 Å². The zero-order valence-electron chi connectivity index (χ0n) is 12.1. The van der Waals surface area contributed by atoms with Gasteiger partial charge in [-0.2, -0.15) is 0 Å². The summed E-state index contributed by atoms with van der Waals surface area (Å²) in [5, 5.41) is 0. The average molecular weight is 251 g/mol. The molecule has 0 amide bonds. The lowest BCUT2D eigenvalue weighted by Gasteiger charge is -2.38. The van der Waals surface area contributed by atoms with Crippen LogP contribution in [0.15, 0.2) is 0 Å². The summed E-state index contributed by atoms with van der Waals surface area (Å²) in [6, 6.07) is 1.62. The molecule has 3 heteroatoms. The molecule has 2 N–H and O–H groups in total. The summed E-state index contributed by atoms with van der Waals surface area (Å²) in [6.45, 7) is 9.38. The average Bonchev–Trinajstić information content (AvgIpc) is 2.99. The Morgan fingerprint density at radius 1 is 1.28 bits per heavy atom. The van der Waals surface area contributed by atoms with E-state index in [0.717, 1.165) is 24.5 Å². The van der Waals surface area contributed by atoms with Gasteiger partial charge in [-0.05, 0) is 45.1 Å². The molecular formula is C15H29N3. The standard InChI is InChI=1S/C15H29N3/c1-3-13-6-7-17(9-13)15(10-16)8-12(2)18(11-15)14-4-5-14/h12-14H,3-11,16H2,1-2H3. The lowest BCUT2D eigenvalue weighted by Crippen LogP contribution is -2.54. The fraction of sp³-hybridized carbons (Fsp3) is 1.00. The van der Waals surface area contributed by atoms with Crippen molar-refractivity contribution in [3.63, 3.8) is 0 Å². The molecule has 1 aliphatic carbocycles. The molecular weight excluding hydrogens is 222 g/mol. The van der Waals surface area contributed by atoms with Gasteiger partial charge >= 0.3 is 0 Å². The third-order valence-electron chi connectivity index (χ3n) is 5.65. The van der Waals surface area contributed by atoms with Crippen molar-refractivity contribution < 1.29 is 0 Å². The lowest BCUT2D eigenvalue weighted by molar-refractivity contribution is 0.121. The van der Waals surface area contributed by atoms with Crippen LogP contribution < -0.4 is 5.73 Å². The largest absolute Gasteiger partial charge is 0.329 e. The molecule has 3 atom stereocenters. The van der Waals surface area contributed by atoms with Crippen molar-refractivity contribution >= 4 is 0 Å².